The van der Waals surface area contributed by atoms with E-state index in [4.69, 9.17) is 16.3 Å². The van der Waals surface area contributed by atoms with Crippen LogP contribution in [0, 0.1) is 17.8 Å². The number of halogens is 1. The summed E-state index contributed by atoms with van der Waals surface area (Å²) in [7, 11) is 5.48. The topological polar surface area (TPSA) is 106 Å². The van der Waals surface area contributed by atoms with Gasteiger partial charge in [-0.15, -0.1) is 0 Å². The summed E-state index contributed by atoms with van der Waals surface area (Å²) in [5.74, 6) is 7.74. The van der Waals surface area contributed by atoms with Crippen LogP contribution in [0.25, 0.3) is 22.2 Å². The number of methoxy groups -OCH3 is 1. The zero-order valence-electron chi connectivity index (χ0n) is 23.6. The molecule has 2 aliphatic heterocycles. The summed E-state index contributed by atoms with van der Waals surface area (Å²) >= 11 is 6.40. The van der Waals surface area contributed by atoms with E-state index in [0.717, 1.165) is 24.9 Å². The van der Waals surface area contributed by atoms with Gasteiger partial charge < -0.3 is 29.8 Å². The molecule has 2 saturated heterocycles. The molecule has 0 radical (unpaired) electrons. The first-order valence-corrected chi connectivity index (χ1v) is 14.1. The second kappa shape index (κ2) is 11.0. The first-order valence-electron chi connectivity index (χ1n) is 13.7. The molecule has 2 bridgehead atoms. The Balaban J connectivity index is 1.41. The van der Waals surface area contributed by atoms with Crippen LogP contribution in [-0.2, 0) is 4.79 Å². The number of anilines is 2. The molecule has 9 nitrogen and oxygen atoms in total. The largest absolute Gasteiger partial charge is 0.493 e. The fourth-order valence-electron chi connectivity index (χ4n) is 5.93. The van der Waals surface area contributed by atoms with Gasteiger partial charge in [0.25, 0.3) is 5.56 Å². The second-order valence-electron chi connectivity index (χ2n) is 11.0. The molecule has 0 unspecified atom stereocenters. The van der Waals surface area contributed by atoms with E-state index in [1.54, 1.807) is 37.8 Å². The van der Waals surface area contributed by atoms with Crippen molar-refractivity contribution in [3.63, 3.8) is 0 Å². The minimum atomic E-state index is -0.482. The average molecular weight is 583 g/mol. The number of likely N-dealkylation sites (N-methyl/N-ethyl adjacent to an activating group) is 1. The Morgan fingerprint density at radius 3 is 2.93 bits per heavy atom. The number of hydrogen-bond donors (Lipinski definition) is 3. The first kappa shape index (κ1) is 27.6. The predicted octanol–water partition coefficient (Wildman–Crippen LogP) is 4.78. The summed E-state index contributed by atoms with van der Waals surface area (Å²) in [6.45, 7) is 1.42. The van der Waals surface area contributed by atoms with E-state index >= 15 is 0 Å². The summed E-state index contributed by atoms with van der Waals surface area (Å²) in [5, 5.41) is 4.30. The highest BCUT2D eigenvalue weighted by Gasteiger charge is 2.56. The van der Waals surface area contributed by atoms with Crippen LogP contribution in [0.1, 0.15) is 18.4 Å². The SMILES string of the molecule is COc1c(Cl)cccc1Nc1c(-c2ccncc2C#CC23CC(CN2C(=O)/C=C/CN(C)C)C3)[nH]c2cc[nH]c(=O)c12. The van der Waals surface area contributed by atoms with E-state index in [2.05, 4.69) is 32.1 Å². The van der Waals surface area contributed by atoms with Crippen molar-refractivity contribution in [2.45, 2.75) is 18.4 Å². The minimum absolute atomic E-state index is 0.00522. The maximum Gasteiger partial charge on any atom is 0.259 e. The van der Waals surface area contributed by atoms with Crippen molar-refractivity contribution in [3.8, 4) is 28.8 Å². The summed E-state index contributed by atoms with van der Waals surface area (Å²) in [4.78, 5) is 40.6. The molecule has 5 heterocycles. The molecule has 0 atom stereocenters. The third-order valence-electron chi connectivity index (χ3n) is 7.88. The van der Waals surface area contributed by atoms with Crippen LogP contribution in [0.3, 0.4) is 0 Å². The van der Waals surface area contributed by atoms with E-state index in [1.165, 1.54) is 0 Å². The molecule has 3 fully saturated rings. The van der Waals surface area contributed by atoms with E-state index < -0.39 is 5.54 Å². The number of H-pyrrole nitrogens is 2. The number of rotatable bonds is 7. The van der Waals surface area contributed by atoms with E-state index in [1.807, 2.05) is 54.2 Å². The third-order valence-corrected chi connectivity index (χ3v) is 8.18. The highest BCUT2D eigenvalue weighted by molar-refractivity contribution is 6.32. The lowest BCUT2D eigenvalue weighted by atomic mass is 9.73. The fourth-order valence-corrected chi connectivity index (χ4v) is 6.18. The Bertz CT molecular complexity index is 1820. The van der Waals surface area contributed by atoms with Crippen molar-refractivity contribution >= 4 is 39.8 Å². The predicted molar refractivity (Wildman–Crippen MR) is 165 cm³/mol. The van der Waals surface area contributed by atoms with Crippen molar-refractivity contribution in [1.29, 1.82) is 0 Å². The number of fused-ring (bicyclic) bond motifs is 2. The van der Waals surface area contributed by atoms with Crippen LogP contribution in [0.2, 0.25) is 5.02 Å². The molecule has 7 rings (SSSR count). The van der Waals surface area contributed by atoms with E-state index in [0.29, 0.717) is 56.8 Å². The molecule has 3 aromatic heterocycles. The fraction of sp³-hybridized carbons (Fsp3) is 0.281. The average Bonchev–Trinajstić information content (AvgIpc) is 3.62. The Labute approximate surface area is 248 Å². The summed E-state index contributed by atoms with van der Waals surface area (Å²) in [5.41, 5.74) is 3.22. The van der Waals surface area contributed by atoms with Gasteiger partial charge in [0, 0.05) is 43.3 Å². The van der Waals surface area contributed by atoms with E-state index in [9.17, 15) is 9.59 Å². The number of carbonyl (C=O) groups is 1. The Kier molecular flexibility index (Phi) is 7.27. The van der Waals surface area contributed by atoms with Crippen LogP contribution in [0.15, 0.2) is 65.9 Å². The van der Waals surface area contributed by atoms with Crippen LogP contribution in [0.4, 0.5) is 11.4 Å². The molecular formula is C32H31ClN6O3. The van der Waals surface area contributed by atoms with Crippen molar-refractivity contribution in [2.24, 2.45) is 5.92 Å². The maximum atomic E-state index is 13.1. The second-order valence-corrected chi connectivity index (χ2v) is 11.4. The van der Waals surface area contributed by atoms with Gasteiger partial charge in [-0.25, -0.2) is 0 Å². The molecule has 1 amide bonds. The third kappa shape index (κ3) is 4.93. The Morgan fingerprint density at radius 2 is 2.14 bits per heavy atom. The van der Waals surface area contributed by atoms with Gasteiger partial charge in [-0.05, 0) is 57.1 Å². The lowest BCUT2D eigenvalue weighted by molar-refractivity contribution is -0.127. The van der Waals surface area contributed by atoms with Gasteiger partial charge in [0.15, 0.2) is 5.75 Å². The normalized spacial score (nSPS) is 19.2. The molecule has 10 heteroatoms. The number of para-hydroxylation sites is 1. The molecule has 1 aliphatic carbocycles. The van der Waals surface area contributed by atoms with Gasteiger partial charge in [-0.1, -0.05) is 35.6 Å². The number of benzene rings is 1. The zero-order valence-corrected chi connectivity index (χ0v) is 24.4. The summed E-state index contributed by atoms with van der Waals surface area (Å²) in [6.07, 6.45) is 10.3. The number of nitrogens with zero attached hydrogens (tertiary/aromatic N) is 3. The zero-order chi connectivity index (χ0) is 29.4. The van der Waals surface area contributed by atoms with Crippen molar-refractivity contribution in [2.75, 3.05) is 39.6 Å². The van der Waals surface area contributed by atoms with Crippen molar-refractivity contribution in [1.82, 2.24) is 24.8 Å². The monoisotopic (exact) mass is 582 g/mol. The van der Waals surface area contributed by atoms with Gasteiger partial charge in [0.2, 0.25) is 5.91 Å². The molecule has 42 heavy (non-hydrogen) atoms. The molecule has 0 spiro atoms. The number of amides is 1. The van der Waals surface area contributed by atoms with Crippen LogP contribution < -0.4 is 15.6 Å². The van der Waals surface area contributed by atoms with E-state index in [-0.39, 0.29) is 11.5 Å². The highest BCUT2D eigenvalue weighted by atomic mass is 35.5. The standard InChI is InChI=1S/C32H31ClN6O3/c1-38(2)15-5-8-26(40)39-19-20-16-32(39,17-20)12-9-21-18-34-13-10-22(21)28-29(27-24(36-28)11-14-35-31(27)41)37-25-7-4-6-23(33)30(25)42-3/h4-8,10-11,13-14,18,20,36-37H,15-17,19H2,1-3H3,(H,35,41)/b8-5+. The highest BCUT2D eigenvalue weighted by Crippen LogP contribution is 2.50. The minimum Gasteiger partial charge on any atom is -0.493 e. The number of pyridine rings is 2. The van der Waals surface area contributed by atoms with Crippen LogP contribution in [0.5, 0.6) is 5.75 Å². The van der Waals surface area contributed by atoms with Crippen LogP contribution in [-0.4, -0.2) is 70.5 Å². The maximum absolute atomic E-state index is 13.1. The molecule has 1 saturated carbocycles. The molecule has 3 aliphatic rings. The summed E-state index contributed by atoms with van der Waals surface area (Å²) in [6, 6.07) is 9.07. The molecule has 4 aromatic rings. The van der Waals surface area contributed by atoms with Gasteiger partial charge in [-0.2, -0.15) is 0 Å². The molecular weight excluding hydrogens is 552 g/mol. The Hall–Kier alpha value is -4.52. The Morgan fingerprint density at radius 1 is 1.31 bits per heavy atom. The first-order chi connectivity index (χ1) is 20.3. The lowest BCUT2D eigenvalue weighted by Crippen LogP contribution is -2.46. The number of ether oxygens (including phenoxy) is 1. The van der Waals surface area contributed by atoms with Gasteiger partial charge in [-0.3, -0.25) is 14.6 Å². The smallest absolute Gasteiger partial charge is 0.259 e. The van der Waals surface area contributed by atoms with Gasteiger partial charge in [0.1, 0.15) is 5.54 Å². The molecule has 3 N–H and O–H groups in total. The summed E-state index contributed by atoms with van der Waals surface area (Å²) < 4.78 is 5.55. The van der Waals surface area contributed by atoms with Gasteiger partial charge in [0.05, 0.1) is 45.7 Å². The number of hydrogen-bond acceptors (Lipinski definition) is 6. The quantitative estimate of drug-likeness (QED) is 0.214. The molecule has 214 valence electrons. The lowest BCUT2D eigenvalue weighted by Gasteiger charge is -2.37. The number of carbonyl (C=O) groups excluding carboxylic acids is 1. The number of aromatic nitrogens is 3. The van der Waals surface area contributed by atoms with Gasteiger partial charge >= 0.3 is 0 Å². The molecule has 1 aromatic carbocycles. The van der Waals surface area contributed by atoms with Crippen molar-refractivity contribution < 1.29 is 9.53 Å². The van der Waals surface area contributed by atoms with Crippen LogP contribution >= 0.6 is 11.6 Å². The number of nitrogens with one attached hydrogen (secondary N) is 3. The number of aromatic amines is 2. The van der Waals surface area contributed by atoms with Crippen molar-refractivity contribution in [3.05, 3.63) is 82.0 Å².